The van der Waals surface area contributed by atoms with Crippen LogP contribution in [-0.4, -0.2) is 49.6 Å². The van der Waals surface area contributed by atoms with Crippen LogP contribution in [0.3, 0.4) is 0 Å². The first-order valence-electron chi connectivity index (χ1n) is 9.44. The first-order valence-corrected chi connectivity index (χ1v) is 9.44. The largest absolute Gasteiger partial charge is 0.493 e. The lowest BCUT2D eigenvalue weighted by molar-refractivity contribution is -0.129. The second-order valence-corrected chi connectivity index (χ2v) is 7.12. The van der Waals surface area contributed by atoms with Crippen molar-refractivity contribution in [1.82, 2.24) is 10.2 Å². The number of nitrogens with one attached hydrogen (secondary N) is 1. The van der Waals surface area contributed by atoms with Gasteiger partial charge >= 0.3 is 0 Å². The monoisotopic (exact) mass is 370 g/mol. The lowest BCUT2D eigenvalue weighted by atomic mass is 10.1. The first-order chi connectivity index (χ1) is 13.1. The van der Waals surface area contributed by atoms with E-state index in [1.807, 2.05) is 4.90 Å². The zero-order valence-corrected chi connectivity index (χ0v) is 15.7. The van der Waals surface area contributed by atoms with Gasteiger partial charge in [0.2, 0.25) is 5.91 Å². The molecule has 144 valence electrons. The highest BCUT2D eigenvalue weighted by Gasteiger charge is 2.35. The molecule has 6 nitrogen and oxygen atoms in total. The highest BCUT2D eigenvalue weighted by atomic mass is 16.5. The molecular weight excluding hydrogens is 344 g/mol. The van der Waals surface area contributed by atoms with Gasteiger partial charge in [0.1, 0.15) is 6.61 Å². The maximum absolute atomic E-state index is 12.5. The maximum atomic E-state index is 12.5. The van der Waals surface area contributed by atoms with Crippen molar-refractivity contribution in [3.8, 4) is 23.8 Å². The van der Waals surface area contributed by atoms with Crippen LogP contribution in [0.25, 0.3) is 0 Å². The summed E-state index contributed by atoms with van der Waals surface area (Å²) >= 11 is 0. The second kappa shape index (κ2) is 8.81. The van der Waals surface area contributed by atoms with Gasteiger partial charge in [-0.1, -0.05) is 18.8 Å². The molecule has 0 aromatic heterocycles. The van der Waals surface area contributed by atoms with Gasteiger partial charge in [-0.2, -0.15) is 0 Å². The Morgan fingerprint density at radius 3 is 2.81 bits per heavy atom. The average molecular weight is 370 g/mol. The first kappa shape index (κ1) is 19.1. The second-order valence-electron chi connectivity index (χ2n) is 7.12. The van der Waals surface area contributed by atoms with Gasteiger partial charge in [0.05, 0.1) is 7.11 Å². The van der Waals surface area contributed by atoms with E-state index in [1.165, 1.54) is 20.0 Å². The topological polar surface area (TPSA) is 67.9 Å². The van der Waals surface area contributed by atoms with Crippen molar-refractivity contribution in [2.45, 2.75) is 38.1 Å². The highest BCUT2D eigenvalue weighted by molar-refractivity contribution is 5.95. The molecule has 2 aliphatic rings. The van der Waals surface area contributed by atoms with Crippen LogP contribution in [0.4, 0.5) is 0 Å². The quantitative estimate of drug-likeness (QED) is 0.748. The summed E-state index contributed by atoms with van der Waals surface area (Å²) in [7, 11) is 1.53. The van der Waals surface area contributed by atoms with Crippen molar-refractivity contribution in [2.24, 2.45) is 5.92 Å². The van der Waals surface area contributed by atoms with E-state index < -0.39 is 0 Å². The van der Waals surface area contributed by atoms with Crippen molar-refractivity contribution in [3.63, 3.8) is 0 Å². The van der Waals surface area contributed by atoms with Crippen LogP contribution in [0.5, 0.6) is 11.5 Å². The molecule has 0 radical (unpaired) electrons. The Balaban J connectivity index is 1.56. The van der Waals surface area contributed by atoms with Gasteiger partial charge in [-0.15, -0.1) is 6.42 Å². The Morgan fingerprint density at radius 2 is 2.11 bits per heavy atom. The van der Waals surface area contributed by atoms with Gasteiger partial charge in [0.25, 0.3) is 5.91 Å². The zero-order valence-electron chi connectivity index (χ0n) is 15.7. The molecule has 1 N–H and O–H groups in total. The Kier molecular flexibility index (Phi) is 6.23. The number of methoxy groups -OCH3 is 1. The number of amides is 2. The van der Waals surface area contributed by atoms with Gasteiger partial charge in [0.15, 0.2) is 11.5 Å². The van der Waals surface area contributed by atoms with E-state index >= 15 is 0 Å². The van der Waals surface area contributed by atoms with Crippen LogP contribution >= 0.6 is 0 Å². The molecule has 1 aliphatic carbocycles. The van der Waals surface area contributed by atoms with Gasteiger partial charge in [-0.05, 0) is 31.0 Å². The van der Waals surface area contributed by atoms with E-state index in [2.05, 4.69) is 11.2 Å². The lowest BCUT2D eigenvalue weighted by Crippen LogP contribution is -2.36. The summed E-state index contributed by atoms with van der Waals surface area (Å²) in [5.74, 6) is 3.54. The number of rotatable bonds is 7. The minimum absolute atomic E-state index is 0.0998. The molecule has 0 spiro atoms. The molecule has 6 heteroatoms. The molecule has 1 heterocycles. The molecular formula is C21H26N2O4. The summed E-state index contributed by atoms with van der Waals surface area (Å²) < 4.78 is 10.7. The molecule has 1 aromatic rings. The predicted molar refractivity (Wildman–Crippen MR) is 102 cm³/mol. The van der Waals surface area contributed by atoms with Crippen LogP contribution in [0.15, 0.2) is 18.2 Å². The molecule has 1 aromatic carbocycles. The molecule has 0 unspecified atom stereocenters. The molecule has 0 bridgehead atoms. The number of likely N-dealkylation sites (tertiary alicyclic amines) is 1. The molecule has 1 saturated carbocycles. The van der Waals surface area contributed by atoms with Crippen LogP contribution in [0, 0.1) is 18.3 Å². The van der Waals surface area contributed by atoms with E-state index in [-0.39, 0.29) is 24.3 Å². The summed E-state index contributed by atoms with van der Waals surface area (Å²) in [4.78, 5) is 26.8. The van der Waals surface area contributed by atoms with Crippen LogP contribution in [0.2, 0.25) is 0 Å². The van der Waals surface area contributed by atoms with Gasteiger partial charge in [-0.3, -0.25) is 9.59 Å². The predicted octanol–water partition coefficient (Wildman–Crippen LogP) is 2.23. The Labute approximate surface area is 160 Å². The third-order valence-electron chi connectivity index (χ3n) is 5.29. The van der Waals surface area contributed by atoms with Crippen LogP contribution < -0.4 is 14.8 Å². The SMILES string of the molecule is C#CCOc1cc(C(=O)NC[C@H]2CC(=O)N(C3CCCC3)C2)ccc1OC. The number of nitrogens with zero attached hydrogens (tertiary/aromatic N) is 1. The van der Waals surface area contributed by atoms with Gasteiger partial charge in [0, 0.05) is 37.0 Å². The number of hydrogen-bond donors (Lipinski definition) is 1. The molecule has 27 heavy (non-hydrogen) atoms. The number of hydrogen-bond acceptors (Lipinski definition) is 4. The number of terminal acetylenes is 1. The molecule has 1 aliphatic heterocycles. The highest BCUT2D eigenvalue weighted by Crippen LogP contribution is 2.30. The molecule has 2 amide bonds. The van der Waals surface area contributed by atoms with E-state index in [0.29, 0.717) is 36.1 Å². The molecule has 2 fully saturated rings. The molecule has 3 rings (SSSR count). The average Bonchev–Trinajstić information content (AvgIpc) is 3.33. The summed E-state index contributed by atoms with van der Waals surface area (Å²) in [6, 6.07) is 5.38. The van der Waals surface area contributed by atoms with E-state index in [0.717, 1.165) is 19.4 Å². The standard InChI is InChI=1S/C21H26N2O4/c1-3-10-27-19-12-16(8-9-18(19)26-2)21(25)22-13-15-11-20(24)23(14-15)17-6-4-5-7-17/h1,8-9,12,15,17H,4-7,10-11,13-14H2,2H3,(H,22,25)/t15-/m1/s1. The van der Waals surface area contributed by atoms with Crippen molar-refractivity contribution in [1.29, 1.82) is 0 Å². The van der Waals surface area contributed by atoms with Gasteiger partial charge in [-0.25, -0.2) is 0 Å². The Bertz CT molecular complexity index is 734. The number of benzene rings is 1. The van der Waals surface area contributed by atoms with Crippen LogP contribution in [-0.2, 0) is 4.79 Å². The normalized spacial score (nSPS) is 19.8. The maximum Gasteiger partial charge on any atom is 0.251 e. The number of ether oxygens (including phenoxy) is 2. The van der Waals surface area contributed by atoms with Crippen molar-refractivity contribution in [3.05, 3.63) is 23.8 Å². The molecule has 1 saturated heterocycles. The summed E-state index contributed by atoms with van der Waals surface area (Å²) in [6.45, 7) is 1.33. The van der Waals surface area contributed by atoms with Crippen LogP contribution in [0.1, 0.15) is 42.5 Å². The van der Waals surface area contributed by atoms with E-state index in [9.17, 15) is 9.59 Å². The summed E-state index contributed by atoms with van der Waals surface area (Å²) in [6.07, 6.45) is 10.4. The Hall–Kier alpha value is -2.68. The third kappa shape index (κ3) is 4.54. The van der Waals surface area contributed by atoms with Crippen molar-refractivity contribution >= 4 is 11.8 Å². The summed E-state index contributed by atoms with van der Waals surface area (Å²) in [5, 5.41) is 2.94. The third-order valence-corrected chi connectivity index (χ3v) is 5.29. The van der Waals surface area contributed by atoms with Gasteiger partial charge < -0.3 is 19.7 Å². The van der Waals surface area contributed by atoms with E-state index in [1.54, 1.807) is 18.2 Å². The minimum atomic E-state index is -0.199. The number of carbonyl (C=O) groups is 2. The van der Waals surface area contributed by atoms with E-state index in [4.69, 9.17) is 15.9 Å². The number of carbonyl (C=O) groups excluding carboxylic acids is 2. The Morgan fingerprint density at radius 1 is 1.33 bits per heavy atom. The van der Waals surface area contributed by atoms with Crippen molar-refractivity contribution in [2.75, 3.05) is 26.8 Å². The molecule has 1 atom stereocenters. The smallest absolute Gasteiger partial charge is 0.251 e. The zero-order chi connectivity index (χ0) is 19.2. The lowest BCUT2D eigenvalue weighted by Gasteiger charge is -2.24. The minimum Gasteiger partial charge on any atom is -0.493 e. The fourth-order valence-electron chi connectivity index (χ4n) is 3.90. The van der Waals surface area contributed by atoms with Crippen molar-refractivity contribution < 1.29 is 19.1 Å². The fraction of sp³-hybridized carbons (Fsp3) is 0.524. The fourth-order valence-corrected chi connectivity index (χ4v) is 3.90. The summed E-state index contributed by atoms with van der Waals surface area (Å²) in [5.41, 5.74) is 0.472.